The topological polar surface area (TPSA) is 36.3 Å². The van der Waals surface area contributed by atoms with Crippen LogP contribution in [0.3, 0.4) is 0 Å². The molecule has 0 spiro atoms. The zero-order valence-electron chi connectivity index (χ0n) is 14.3. The summed E-state index contributed by atoms with van der Waals surface area (Å²) in [6.45, 7) is 9.75. The minimum atomic E-state index is 0.799. The van der Waals surface area contributed by atoms with Crippen molar-refractivity contribution >= 4 is 5.82 Å². The average molecular weight is 293 g/mol. The van der Waals surface area contributed by atoms with Gasteiger partial charge in [-0.2, -0.15) is 5.10 Å². The molecule has 0 atom stereocenters. The van der Waals surface area contributed by atoms with E-state index >= 15 is 0 Å². The lowest BCUT2D eigenvalue weighted by molar-refractivity contribution is 0.222. The van der Waals surface area contributed by atoms with Crippen molar-refractivity contribution in [3.63, 3.8) is 0 Å². The maximum Gasteiger partial charge on any atom is 0.131 e. The highest BCUT2D eigenvalue weighted by atomic mass is 15.4. The van der Waals surface area contributed by atoms with Crippen molar-refractivity contribution < 1.29 is 0 Å². The van der Waals surface area contributed by atoms with E-state index < -0.39 is 0 Å². The Morgan fingerprint density at radius 2 is 1.95 bits per heavy atom. The third-order valence-electron chi connectivity index (χ3n) is 4.60. The number of aromatic nitrogens is 2. The minimum Gasteiger partial charge on any atom is -0.359 e. The van der Waals surface area contributed by atoms with E-state index in [2.05, 4.69) is 55.2 Å². The fourth-order valence-corrected chi connectivity index (χ4v) is 3.34. The number of nitrogens with one attached hydrogen (secondary N) is 1. The third kappa shape index (κ3) is 3.98. The first kappa shape index (κ1) is 16.3. The van der Waals surface area contributed by atoms with Gasteiger partial charge < -0.3 is 15.1 Å². The summed E-state index contributed by atoms with van der Waals surface area (Å²) in [6, 6.07) is 0. The predicted molar refractivity (Wildman–Crippen MR) is 88.8 cm³/mol. The maximum absolute atomic E-state index is 4.62. The van der Waals surface area contributed by atoms with Crippen LogP contribution in [0.2, 0.25) is 0 Å². The Bertz CT molecular complexity index is 446. The van der Waals surface area contributed by atoms with Crippen molar-refractivity contribution in [2.75, 3.05) is 45.2 Å². The lowest BCUT2D eigenvalue weighted by Gasteiger charge is -2.32. The van der Waals surface area contributed by atoms with Gasteiger partial charge in [0.1, 0.15) is 5.82 Å². The first-order valence-electron chi connectivity index (χ1n) is 8.15. The number of anilines is 1. The van der Waals surface area contributed by atoms with Crippen molar-refractivity contribution in [1.82, 2.24) is 20.0 Å². The van der Waals surface area contributed by atoms with Crippen LogP contribution in [0.25, 0.3) is 0 Å². The zero-order chi connectivity index (χ0) is 15.4. The molecular weight excluding hydrogens is 262 g/mol. The van der Waals surface area contributed by atoms with Crippen LogP contribution in [0.4, 0.5) is 5.82 Å². The van der Waals surface area contributed by atoms with Crippen LogP contribution in [0.1, 0.15) is 31.0 Å². The van der Waals surface area contributed by atoms with Gasteiger partial charge in [0, 0.05) is 32.7 Å². The van der Waals surface area contributed by atoms with Gasteiger partial charge in [-0.05, 0) is 52.4 Å². The lowest BCUT2D eigenvalue weighted by Crippen LogP contribution is -2.36. The van der Waals surface area contributed by atoms with Gasteiger partial charge in [0.15, 0.2) is 0 Å². The van der Waals surface area contributed by atoms with Crippen molar-refractivity contribution in [3.8, 4) is 0 Å². The van der Waals surface area contributed by atoms with Crippen LogP contribution in [0, 0.1) is 12.8 Å². The first-order chi connectivity index (χ1) is 10.0. The molecule has 1 aromatic heterocycles. The lowest BCUT2D eigenvalue weighted by atomic mass is 9.96. The van der Waals surface area contributed by atoms with Gasteiger partial charge in [0.2, 0.25) is 0 Å². The van der Waals surface area contributed by atoms with E-state index in [0.29, 0.717) is 0 Å². The molecule has 1 saturated heterocycles. The molecule has 120 valence electrons. The van der Waals surface area contributed by atoms with E-state index in [1.807, 2.05) is 4.68 Å². The second kappa shape index (κ2) is 7.27. The molecule has 2 heterocycles. The quantitative estimate of drug-likeness (QED) is 0.864. The average Bonchev–Trinajstić information content (AvgIpc) is 2.73. The van der Waals surface area contributed by atoms with Gasteiger partial charge in [-0.25, -0.2) is 0 Å². The van der Waals surface area contributed by atoms with Crippen LogP contribution in [0.5, 0.6) is 0 Å². The van der Waals surface area contributed by atoms with Gasteiger partial charge in [0.25, 0.3) is 0 Å². The third-order valence-corrected chi connectivity index (χ3v) is 4.60. The molecule has 5 heteroatoms. The van der Waals surface area contributed by atoms with E-state index in [1.165, 1.54) is 37.3 Å². The van der Waals surface area contributed by atoms with Gasteiger partial charge in [-0.1, -0.05) is 6.92 Å². The summed E-state index contributed by atoms with van der Waals surface area (Å²) >= 11 is 0. The Labute approximate surface area is 129 Å². The molecule has 0 radical (unpaired) electrons. The van der Waals surface area contributed by atoms with E-state index in [9.17, 15) is 0 Å². The summed E-state index contributed by atoms with van der Waals surface area (Å²) in [4.78, 5) is 4.84. The van der Waals surface area contributed by atoms with Gasteiger partial charge >= 0.3 is 0 Å². The van der Waals surface area contributed by atoms with Crippen molar-refractivity contribution in [2.45, 2.75) is 33.2 Å². The molecule has 0 amide bonds. The molecule has 1 aromatic rings. The van der Waals surface area contributed by atoms with Crippen LogP contribution in [-0.2, 0) is 13.6 Å². The second-order valence-corrected chi connectivity index (χ2v) is 6.42. The fourth-order valence-electron chi connectivity index (χ4n) is 3.34. The van der Waals surface area contributed by atoms with Crippen LogP contribution < -0.4 is 10.2 Å². The van der Waals surface area contributed by atoms with Crippen LogP contribution in [-0.4, -0.2) is 55.0 Å². The van der Waals surface area contributed by atoms with Crippen LogP contribution in [0.15, 0.2) is 0 Å². The SMILES string of the molecule is CCNCc1c(C)nn(C)c1N(C)CC1CCN(C)CC1. The second-order valence-electron chi connectivity index (χ2n) is 6.42. The summed E-state index contributed by atoms with van der Waals surface area (Å²) in [5.41, 5.74) is 2.48. The van der Waals surface area contributed by atoms with E-state index in [0.717, 1.165) is 31.2 Å². The highest BCUT2D eigenvalue weighted by Gasteiger charge is 2.22. The van der Waals surface area contributed by atoms with Crippen molar-refractivity contribution in [3.05, 3.63) is 11.3 Å². The summed E-state index contributed by atoms with van der Waals surface area (Å²) in [5.74, 6) is 2.07. The molecule has 0 aliphatic carbocycles. The molecule has 21 heavy (non-hydrogen) atoms. The molecule has 0 aromatic carbocycles. The largest absolute Gasteiger partial charge is 0.359 e. The molecule has 1 aliphatic rings. The van der Waals surface area contributed by atoms with Crippen molar-refractivity contribution in [2.24, 2.45) is 13.0 Å². The monoisotopic (exact) mass is 293 g/mol. The van der Waals surface area contributed by atoms with E-state index in [1.54, 1.807) is 0 Å². The molecule has 1 fully saturated rings. The van der Waals surface area contributed by atoms with Gasteiger partial charge in [-0.3, -0.25) is 4.68 Å². The summed E-state index contributed by atoms with van der Waals surface area (Å²) in [5, 5.41) is 8.05. The standard InChI is InChI=1S/C16H31N5/c1-6-17-11-15-13(2)18-21(5)16(15)20(4)12-14-7-9-19(3)10-8-14/h14,17H,6-12H2,1-5H3. The molecular formula is C16H31N5. The molecule has 1 aliphatic heterocycles. The zero-order valence-corrected chi connectivity index (χ0v) is 14.3. The highest BCUT2D eigenvalue weighted by Crippen LogP contribution is 2.25. The Morgan fingerprint density at radius 1 is 1.29 bits per heavy atom. The first-order valence-corrected chi connectivity index (χ1v) is 8.15. The van der Waals surface area contributed by atoms with Crippen LogP contribution >= 0.6 is 0 Å². The number of likely N-dealkylation sites (tertiary alicyclic amines) is 1. The molecule has 0 unspecified atom stereocenters. The van der Waals surface area contributed by atoms with E-state index in [4.69, 9.17) is 0 Å². The number of piperidine rings is 1. The Kier molecular flexibility index (Phi) is 5.65. The minimum absolute atomic E-state index is 0.799. The summed E-state index contributed by atoms with van der Waals surface area (Å²) in [7, 11) is 6.49. The summed E-state index contributed by atoms with van der Waals surface area (Å²) < 4.78 is 2.04. The van der Waals surface area contributed by atoms with Gasteiger partial charge in [-0.15, -0.1) is 0 Å². The molecule has 5 nitrogen and oxygen atoms in total. The molecule has 1 N–H and O–H groups in total. The molecule has 2 rings (SSSR count). The predicted octanol–water partition coefficient (Wildman–Crippen LogP) is 1.62. The number of hydrogen-bond donors (Lipinski definition) is 1. The van der Waals surface area contributed by atoms with Gasteiger partial charge in [0.05, 0.1) is 5.69 Å². The number of nitrogens with zero attached hydrogens (tertiary/aromatic N) is 4. The smallest absolute Gasteiger partial charge is 0.131 e. The summed E-state index contributed by atoms with van der Waals surface area (Å²) in [6.07, 6.45) is 2.61. The Balaban J connectivity index is 2.05. The van der Waals surface area contributed by atoms with E-state index in [-0.39, 0.29) is 0 Å². The van der Waals surface area contributed by atoms with Crippen molar-refractivity contribution in [1.29, 1.82) is 0 Å². The molecule has 0 bridgehead atoms. The number of aryl methyl sites for hydroxylation is 2. The maximum atomic E-state index is 4.62. The highest BCUT2D eigenvalue weighted by molar-refractivity contribution is 5.49. The Morgan fingerprint density at radius 3 is 2.57 bits per heavy atom. The number of hydrogen-bond acceptors (Lipinski definition) is 4. The Hall–Kier alpha value is -1.07. The molecule has 0 saturated carbocycles. The normalized spacial score (nSPS) is 17.4. The number of rotatable bonds is 6. The fraction of sp³-hybridized carbons (Fsp3) is 0.812.